The molecule has 1 amide bonds. The fraction of sp³-hybridized carbons (Fsp3) is 0.727. The van der Waals surface area contributed by atoms with Gasteiger partial charge in [0.25, 0.3) is 0 Å². The van der Waals surface area contributed by atoms with E-state index in [-0.39, 0.29) is 11.1 Å². The van der Waals surface area contributed by atoms with Crippen LogP contribution in [0, 0.1) is 5.82 Å². The highest BCUT2D eigenvalue weighted by Gasteiger charge is 2.43. The third-order valence-corrected chi connectivity index (χ3v) is 9.85. The van der Waals surface area contributed by atoms with Crippen molar-refractivity contribution in [1.82, 2.24) is 9.88 Å². The van der Waals surface area contributed by atoms with Gasteiger partial charge < -0.3 is 14.1 Å². The lowest BCUT2D eigenvalue weighted by Gasteiger charge is -2.43. The second-order valence-electron chi connectivity index (χ2n) is 10.2. The zero-order valence-corrected chi connectivity index (χ0v) is 20.8. The average molecular weight is 427 g/mol. The fourth-order valence-corrected chi connectivity index (χ4v) is 4.04. The number of aromatic nitrogens is 1. The SMILES string of the molecule is CCC[C@H]([C@H](O[Si](C)(C)C(C)(C)C)c1cncc(F)c1)N(C)C(=O)OC(C)(C)C. The Morgan fingerprint density at radius 2 is 1.79 bits per heavy atom. The molecule has 0 spiro atoms. The number of nitrogens with zero attached hydrogens (tertiary/aromatic N) is 2. The first-order chi connectivity index (χ1) is 13.1. The quantitative estimate of drug-likeness (QED) is 0.479. The van der Waals surface area contributed by atoms with Crippen molar-refractivity contribution in [2.24, 2.45) is 0 Å². The molecule has 0 unspecified atom stereocenters. The number of carbonyl (C=O) groups excluding carboxylic acids is 1. The van der Waals surface area contributed by atoms with Gasteiger partial charge in [-0.1, -0.05) is 34.1 Å². The number of halogens is 1. The topological polar surface area (TPSA) is 51.7 Å². The minimum absolute atomic E-state index is 0.0345. The molecule has 7 heteroatoms. The second kappa shape index (κ2) is 9.56. The van der Waals surface area contributed by atoms with Gasteiger partial charge in [0, 0.05) is 18.8 Å². The number of rotatable bonds is 7. The molecule has 0 aliphatic rings. The molecule has 0 saturated carbocycles. The predicted molar refractivity (Wildman–Crippen MR) is 118 cm³/mol. The van der Waals surface area contributed by atoms with E-state index in [2.05, 4.69) is 45.8 Å². The highest BCUT2D eigenvalue weighted by atomic mass is 28.4. The van der Waals surface area contributed by atoms with Gasteiger partial charge in [0.1, 0.15) is 11.4 Å². The molecule has 2 atom stereocenters. The van der Waals surface area contributed by atoms with Gasteiger partial charge >= 0.3 is 6.09 Å². The molecule has 1 heterocycles. The van der Waals surface area contributed by atoms with E-state index < -0.39 is 31.9 Å². The highest BCUT2D eigenvalue weighted by Crippen LogP contribution is 2.42. The Labute approximate surface area is 177 Å². The van der Waals surface area contributed by atoms with Crippen LogP contribution >= 0.6 is 0 Å². The first-order valence-corrected chi connectivity index (χ1v) is 13.2. The van der Waals surface area contributed by atoms with Crippen LogP contribution in [0.25, 0.3) is 0 Å². The van der Waals surface area contributed by atoms with Crippen molar-refractivity contribution in [3.8, 4) is 0 Å². The smallest absolute Gasteiger partial charge is 0.410 e. The molecule has 0 aromatic carbocycles. The number of pyridine rings is 1. The zero-order valence-electron chi connectivity index (χ0n) is 19.8. The minimum atomic E-state index is -2.22. The van der Waals surface area contributed by atoms with Crippen molar-refractivity contribution >= 4 is 14.4 Å². The Morgan fingerprint density at radius 3 is 2.24 bits per heavy atom. The van der Waals surface area contributed by atoms with E-state index in [0.717, 1.165) is 6.42 Å². The summed E-state index contributed by atoms with van der Waals surface area (Å²) in [7, 11) is -0.491. The highest BCUT2D eigenvalue weighted by molar-refractivity contribution is 6.74. The van der Waals surface area contributed by atoms with Gasteiger partial charge in [-0.25, -0.2) is 9.18 Å². The van der Waals surface area contributed by atoms with Gasteiger partial charge in [-0.05, 0) is 51.4 Å². The zero-order chi connectivity index (χ0) is 22.6. The van der Waals surface area contributed by atoms with E-state index in [9.17, 15) is 9.18 Å². The summed E-state index contributed by atoms with van der Waals surface area (Å²) in [6.45, 7) is 18.4. The van der Waals surface area contributed by atoms with E-state index in [1.807, 2.05) is 20.8 Å². The normalized spacial score (nSPS) is 15.0. The molecule has 0 saturated heterocycles. The molecule has 0 aliphatic carbocycles. The molecule has 166 valence electrons. The number of hydrogen-bond donors (Lipinski definition) is 0. The summed E-state index contributed by atoms with van der Waals surface area (Å²) in [4.78, 5) is 18.4. The third kappa shape index (κ3) is 7.37. The molecule has 0 aliphatic heterocycles. The number of ether oxygens (including phenoxy) is 1. The Balaban J connectivity index is 3.39. The number of amides is 1. The number of likely N-dealkylation sites (N-methyl/N-ethyl adjacent to an activating group) is 1. The first kappa shape index (κ1) is 25.6. The van der Waals surface area contributed by atoms with Crippen LogP contribution in [0.1, 0.15) is 73.0 Å². The molecule has 0 bridgehead atoms. The van der Waals surface area contributed by atoms with Gasteiger partial charge in [-0.2, -0.15) is 0 Å². The lowest BCUT2D eigenvalue weighted by atomic mass is 9.99. The van der Waals surface area contributed by atoms with Gasteiger partial charge in [0.15, 0.2) is 8.32 Å². The number of hydrogen-bond acceptors (Lipinski definition) is 4. The van der Waals surface area contributed by atoms with Crippen molar-refractivity contribution in [3.63, 3.8) is 0 Å². The van der Waals surface area contributed by atoms with Crippen LogP contribution in [0.2, 0.25) is 18.1 Å². The van der Waals surface area contributed by atoms with Crippen molar-refractivity contribution < 1.29 is 18.3 Å². The van der Waals surface area contributed by atoms with Crippen molar-refractivity contribution in [3.05, 3.63) is 29.8 Å². The van der Waals surface area contributed by atoms with Gasteiger partial charge in [0.2, 0.25) is 0 Å². The van der Waals surface area contributed by atoms with Crippen LogP contribution in [-0.2, 0) is 9.16 Å². The van der Waals surface area contributed by atoms with Crippen LogP contribution in [0.15, 0.2) is 18.5 Å². The lowest BCUT2D eigenvalue weighted by molar-refractivity contribution is 0.00211. The van der Waals surface area contributed by atoms with Crippen molar-refractivity contribution in [1.29, 1.82) is 0 Å². The fourth-order valence-electron chi connectivity index (χ4n) is 2.76. The van der Waals surface area contributed by atoms with E-state index >= 15 is 0 Å². The molecule has 0 radical (unpaired) electrons. The first-order valence-electron chi connectivity index (χ1n) is 10.3. The van der Waals surface area contributed by atoms with Gasteiger partial charge in [-0.15, -0.1) is 0 Å². The van der Waals surface area contributed by atoms with Crippen molar-refractivity contribution in [2.75, 3.05) is 7.05 Å². The Kier molecular flexibility index (Phi) is 8.43. The summed E-state index contributed by atoms with van der Waals surface area (Å²) in [5, 5.41) is -0.0345. The average Bonchev–Trinajstić information content (AvgIpc) is 2.54. The summed E-state index contributed by atoms with van der Waals surface area (Å²) in [5.41, 5.74) is 0.0434. The molecular weight excluding hydrogens is 387 g/mol. The maximum absolute atomic E-state index is 14.0. The second-order valence-corrected chi connectivity index (χ2v) is 14.9. The Bertz CT molecular complexity index is 683. The van der Waals surface area contributed by atoms with Gasteiger partial charge in [-0.3, -0.25) is 4.98 Å². The van der Waals surface area contributed by atoms with Crippen molar-refractivity contribution in [2.45, 2.75) is 97.2 Å². The predicted octanol–water partition coefficient (Wildman–Crippen LogP) is 6.32. The van der Waals surface area contributed by atoms with Crippen LogP contribution in [0.3, 0.4) is 0 Å². The monoisotopic (exact) mass is 426 g/mol. The molecular formula is C22H39FN2O3Si. The molecule has 0 N–H and O–H groups in total. The third-order valence-electron chi connectivity index (χ3n) is 5.40. The van der Waals surface area contributed by atoms with Crippen LogP contribution in [0.4, 0.5) is 9.18 Å². The summed E-state index contributed by atoms with van der Waals surface area (Å²) < 4.78 is 26.3. The van der Waals surface area contributed by atoms with Crippen LogP contribution < -0.4 is 0 Å². The Morgan fingerprint density at radius 1 is 1.21 bits per heavy atom. The van der Waals surface area contributed by atoms with E-state index in [4.69, 9.17) is 9.16 Å². The molecule has 1 rings (SSSR count). The minimum Gasteiger partial charge on any atom is -0.444 e. The summed E-state index contributed by atoms with van der Waals surface area (Å²) in [5.74, 6) is -0.415. The summed E-state index contributed by atoms with van der Waals surface area (Å²) in [6, 6.07) is 1.16. The lowest BCUT2D eigenvalue weighted by Crippen LogP contribution is -2.49. The number of carbonyl (C=O) groups is 1. The Hall–Kier alpha value is -1.47. The largest absolute Gasteiger partial charge is 0.444 e. The molecule has 0 fully saturated rings. The van der Waals surface area contributed by atoms with E-state index in [0.29, 0.717) is 12.0 Å². The van der Waals surface area contributed by atoms with E-state index in [1.165, 1.54) is 12.3 Å². The molecule has 5 nitrogen and oxygen atoms in total. The van der Waals surface area contributed by atoms with E-state index in [1.54, 1.807) is 18.1 Å². The van der Waals surface area contributed by atoms with Gasteiger partial charge in [0.05, 0.1) is 18.3 Å². The molecule has 1 aromatic rings. The maximum Gasteiger partial charge on any atom is 0.410 e. The molecule has 1 aromatic heterocycles. The van der Waals surface area contributed by atoms with Crippen LogP contribution in [0.5, 0.6) is 0 Å². The standard InChI is InChI=1S/C22H39FN2O3Si/c1-11-12-18(25(8)20(26)27-21(2,3)4)19(16-13-17(23)15-24-14-16)28-29(9,10)22(5,6)7/h13-15,18-19H,11-12H2,1-10H3/t18-,19-/m1/s1. The summed E-state index contributed by atoms with van der Waals surface area (Å²) in [6.07, 6.45) is 3.45. The maximum atomic E-state index is 14.0. The van der Waals surface area contributed by atoms with Crippen LogP contribution in [-0.4, -0.2) is 43.0 Å². The molecule has 29 heavy (non-hydrogen) atoms. The summed E-state index contributed by atoms with van der Waals surface area (Å²) >= 11 is 0.